The van der Waals surface area contributed by atoms with Crippen LogP contribution in [0.5, 0.6) is 11.5 Å². The van der Waals surface area contributed by atoms with Gasteiger partial charge < -0.3 is 14.8 Å². The first-order valence-electron chi connectivity index (χ1n) is 8.88. The summed E-state index contributed by atoms with van der Waals surface area (Å²) in [7, 11) is 3.23. The Morgan fingerprint density at radius 3 is 2.79 bits per heavy atom. The number of methoxy groups -OCH3 is 2. The Kier molecular flexibility index (Phi) is 4.95. The van der Waals surface area contributed by atoms with E-state index in [1.54, 1.807) is 31.0 Å². The molecule has 8 nitrogen and oxygen atoms in total. The van der Waals surface area contributed by atoms with Crippen molar-refractivity contribution in [2.24, 2.45) is 0 Å². The van der Waals surface area contributed by atoms with Gasteiger partial charge in [0.15, 0.2) is 11.5 Å². The fourth-order valence-electron chi connectivity index (χ4n) is 3.06. The second kappa shape index (κ2) is 7.86. The van der Waals surface area contributed by atoms with Crippen molar-refractivity contribution in [1.29, 1.82) is 5.26 Å². The van der Waals surface area contributed by atoms with E-state index < -0.39 is 0 Å². The fourth-order valence-corrected chi connectivity index (χ4v) is 3.06. The van der Waals surface area contributed by atoms with Gasteiger partial charge in [0.05, 0.1) is 37.7 Å². The Balaban J connectivity index is 1.71. The Hall–Kier alpha value is -4.12. The summed E-state index contributed by atoms with van der Waals surface area (Å²) < 4.78 is 12.4. The molecule has 29 heavy (non-hydrogen) atoms. The zero-order valence-electron chi connectivity index (χ0n) is 16.0. The van der Waals surface area contributed by atoms with Gasteiger partial charge in [-0.15, -0.1) is 0 Å². The highest BCUT2D eigenvalue weighted by Gasteiger charge is 2.13. The summed E-state index contributed by atoms with van der Waals surface area (Å²) in [6.07, 6.45) is 3.23. The number of ether oxygens (including phenoxy) is 2. The van der Waals surface area contributed by atoms with Crippen LogP contribution in [0.2, 0.25) is 0 Å². The molecule has 2 aromatic heterocycles. The SMILES string of the molecule is COc1ccc(CNc2nc(-c3ccccc3C#N)cn3ncnc23)c(OC)c1. The molecule has 0 atom stereocenters. The Morgan fingerprint density at radius 2 is 2.00 bits per heavy atom. The number of nitriles is 1. The molecule has 0 aliphatic carbocycles. The predicted octanol–water partition coefficient (Wildman–Crippen LogP) is 3.29. The molecule has 0 bridgehead atoms. The second-order valence-corrected chi connectivity index (χ2v) is 6.19. The maximum atomic E-state index is 9.42. The van der Waals surface area contributed by atoms with Crippen molar-refractivity contribution in [2.45, 2.75) is 6.54 Å². The van der Waals surface area contributed by atoms with E-state index in [1.807, 2.05) is 36.4 Å². The lowest BCUT2D eigenvalue weighted by molar-refractivity contribution is 0.391. The van der Waals surface area contributed by atoms with Crippen molar-refractivity contribution >= 4 is 11.5 Å². The van der Waals surface area contributed by atoms with Gasteiger partial charge in [0.1, 0.15) is 17.8 Å². The van der Waals surface area contributed by atoms with Crippen LogP contribution in [0.15, 0.2) is 55.0 Å². The summed E-state index contributed by atoms with van der Waals surface area (Å²) >= 11 is 0. The van der Waals surface area contributed by atoms with Crippen molar-refractivity contribution in [2.75, 3.05) is 19.5 Å². The first-order chi connectivity index (χ1) is 14.2. The van der Waals surface area contributed by atoms with Gasteiger partial charge in [-0.25, -0.2) is 14.5 Å². The number of nitrogens with zero attached hydrogens (tertiary/aromatic N) is 5. The Morgan fingerprint density at radius 1 is 1.14 bits per heavy atom. The molecule has 4 aromatic rings. The van der Waals surface area contributed by atoms with E-state index in [-0.39, 0.29) is 0 Å². The molecule has 0 aliphatic rings. The van der Waals surface area contributed by atoms with Gasteiger partial charge >= 0.3 is 0 Å². The van der Waals surface area contributed by atoms with Crippen LogP contribution in [0, 0.1) is 11.3 Å². The number of nitrogens with one attached hydrogen (secondary N) is 1. The lowest BCUT2D eigenvalue weighted by Crippen LogP contribution is -2.07. The average molecular weight is 386 g/mol. The van der Waals surface area contributed by atoms with Crippen LogP contribution in [0.25, 0.3) is 16.9 Å². The molecule has 8 heteroatoms. The van der Waals surface area contributed by atoms with Gasteiger partial charge in [-0.05, 0) is 18.2 Å². The molecule has 1 N–H and O–H groups in total. The molecule has 0 spiro atoms. The van der Waals surface area contributed by atoms with E-state index in [1.165, 1.54) is 6.33 Å². The molecule has 0 unspecified atom stereocenters. The Labute approximate surface area is 167 Å². The molecular weight excluding hydrogens is 368 g/mol. The number of aromatic nitrogens is 4. The average Bonchev–Trinajstić information content (AvgIpc) is 3.26. The first-order valence-corrected chi connectivity index (χ1v) is 8.88. The largest absolute Gasteiger partial charge is 0.497 e. The zero-order chi connectivity index (χ0) is 20.2. The van der Waals surface area contributed by atoms with Gasteiger partial charge in [-0.2, -0.15) is 10.4 Å². The monoisotopic (exact) mass is 386 g/mol. The topological polar surface area (TPSA) is 97.4 Å². The highest BCUT2D eigenvalue weighted by Crippen LogP contribution is 2.27. The lowest BCUT2D eigenvalue weighted by atomic mass is 10.1. The molecular formula is C21H18N6O2. The van der Waals surface area contributed by atoms with Crippen molar-refractivity contribution in [3.8, 4) is 28.8 Å². The molecule has 0 saturated carbocycles. The zero-order valence-corrected chi connectivity index (χ0v) is 16.0. The van der Waals surface area contributed by atoms with E-state index in [9.17, 15) is 5.26 Å². The van der Waals surface area contributed by atoms with E-state index in [2.05, 4.69) is 21.5 Å². The molecule has 2 aromatic carbocycles. The normalized spacial score (nSPS) is 10.5. The van der Waals surface area contributed by atoms with E-state index in [0.717, 1.165) is 16.9 Å². The summed E-state index contributed by atoms with van der Waals surface area (Å²) in [6.45, 7) is 0.464. The van der Waals surface area contributed by atoms with E-state index in [4.69, 9.17) is 14.5 Å². The van der Waals surface area contributed by atoms with Gasteiger partial charge in [-0.3, -0.25) is 0 Å². The number of hydrogen-bond donors (Lipinski definition) is 1. The third-order valence-corrected chi connectivity index (χ3v) is 4.53. The van der Waals surface area contributed by atoms with Crippen LogP contribution in [0.4, 0.5) is 5.82 Å². The van der Waals surface area contributed by atoms with Gasteiger partial charge in [-0.1, -0.05) is 18.2 Å². The predicted molar refractivity (Wildman–Crippen MR) is 108 cm³/mol. The number of hydrogen-bond acceptors (Lipinski definition) is 7. The summed E-state index contributed by atoms with van der Waals surface area (Å²) in [6, 6.07) is 15.2. The summed E-state index contributed by atoms with van der Waals surface area (Å²) in [4.78, 5) is 8.99. The molecule has 4 rings (SSSR count). The van der Waals surface area contributed by atoms with Crippen molar-refractivity contribution in [3.05, 3.63) is 66.1 Å². The van der Waals surface area contributed by atoms with Crippen LogP contribution >= 0.6 is 0 Å². The number of anilines is 1. The van der Waals surface area contributed by atoms with E-state index >= 15 is 0 Å². The maximum absolute atomic E-state index is 9.42. The summed E-state index contributed by atoms with van der Waals surface area (Å²) in [5, 5.41) is 17.0. The molecule has 0 fully saturated rings. The fraction of sp³-hybridized carbons (Fsp3) is 0.143. The first kappa shape index (κ1) is 18.3. The minimum Gasteiger partial charge on any atom is -0.497 e. The molecule has 2 heterocycles. The van der Waals surface area contributed by atoms with Crippen molar-refractivity contribution in [3.63, 3.8) is 0 Å². The smallest absolute Gasteiger partial charge is 0.198 e. The standard InChI is InChI=1S/C21H18N6O2/c1-28-16-8-7-15(19(9-16)29-2)11-23-20-21-24-13-25-27(21)12-18(26-20)17-6-4-3-5-14(17)10-22/h3-9,12-13H,11H2,1-2H3,(H,23,26). The van der Waals surface area contributed by atoms with Crippen molar-refractivity contribution in [1.82, 2.24) is 19.6 Å². The molecule has 0 aliphatic heterocycles. The van der Waals surface area contributed by atoms with E-state index in [0.29, 0.717) is 35.0 Å². The third-order valence-electron chi connectivity index (χ3n) is 4.53. The maximum Gasteiger partial charge on any atom is 0.198 e. The van der Waals surface area contributed by atoms with Crippen LogP contribution in [0.3, 0.4) is 0 Å². The minimum atomic E-state index is 0.464. The highest BCUT2D eigenvalue weighted by atomic mass is 16.5. The number of rotatable bonds is 6. The lowest BCUT2D eigenvalue weighted by Gasteiger charge is -2.13. The second-order valence-electron chi connectivity index (χ2n) is 6.19. The molecule has 0 radical (unpaired) electrons. The van der Waals surface area contributed by atoms with Gasteiger partial charge in [0.2, 0.25) is 0 Å². The summed E-state index contributed by atoms with van der Waals surface area (Å²) in [5.74, 6) is 1.99. The van der Waals surface area contributed by atoms with Gasteiger partial charge in [0, 0.05) is 23.7 Å². The highest BCUT2D eigenvalue weighted by molar-refractivity contribution is 5.72. The quantitative estimate of drug-likeness (QED) is 0.543. The number of fused-ring (bicyclic) bond motifs is 1. The number of benzene rings is 2. The Bertz CT molecular complexity index is 1210. The minimum absolute atomic E-state index is 0.464. The van der Waals surface area contributed by atoms with Gasteiger partial charge in [0.25, 0.3) is 0 Å². The third kappa shape index (κ3) is 3.53. The molecule has 0 amide bonds. The van der Waals surface area contributed by atoms with Crippen molar-refractivity contribution < 1.29 is 9.47 Å². The van der Waals surface area contributed by atoms with Crippen LogP contribution in [0.1, 0.15) is 11.1 Å². The summed E-state index contributed by atoms with van der Waals surface area (Å²) in [5.41, 5.74) is 3.44. The van der Waals surface area contributed by atoms with Crippen LogP contribution in [-0.2, 0) is 6.54 Å². The molecule has 144 valence electrons. The molecule has 0 saturated heterocycles. The van der Waals surface area contributed by atoms with Crippen LogP contribution in [-0.4, -0.2) is 33.8 Å². The van der Waals surface area contributed by atoms with Crippen LogP contribution < -0.4 is 14.8 Å².